The third-order valence-electron chi connectivity index (χ3n) is 2.48. The average Bonchev–Trinajstić information content (AvgIpc) is 2.39. The minimum atomic E-state index is 0.610. The van der Waals surface area contributed by atoms with Gasteiger partial charge in [0.15, 0.2) is 0 Å². The van der Waals surface area contributed by atoms with Crippen molar-refractivity contribution in [2.45, 2.75) is 13.8 Å². The van der Waals surface area contributed by atoms with Crippen molar-refractivity contribution in [1.29, 1.82) is 5.26 Å². The fraction of sp³-hybridized carbons (Fsp3) is 0.214. The van der Waals surface area contributed by atoms with E-state index in [1.165, 1.54) is 0 Å². The van der Waals surface area contributed by atoms with E-state index < -0.39 is 0 Å². The van der Waals surface area contributed by atoms with Crippen LogP contribution in [0.1, 0.15) is 18.2 Å². The highest BCUT2D eigenvalue weighted by molar-refractivity contribution is 5.58. The van der Waals surface area contributed by atoms with E-state index in [-0.39, 0.29) is 0 Å². The van der Waals surface area contributed by atoms with Gasteiger partial charge < -0.3 is 10.6 Å². The Morgan fingerprint density at radius 1 is 1.21 bits per heavy atom. The molecule has 2 rings (SSSR count). The maximum Gasteiger partial charge on any atom is 0.224 e. The van der Waals surface area contributed by atoms with Crippen molar-refractivity contribution in [3.8, 4) is 6.07 Å². The van der Waals surface area contributed by atoms with Gasteiger partial charge in [-0.2, -0.15) is 10.2 Å². The summed E-state index contributed by atoms with van der Waals surface area (Å²) in [5.74, 6) is 1.34. The molecule has 0 amide bonds. The summed E-state index contributed by atoms with van der Waals surface area (Å²) < 4.78 is 0. The predicted octanol–water partition coefficient (Wildman–Crippen LogP) is 2.83. The van der Waals surface area contributed by atoms with Crippen LogP contribution in [0.5, 0.6) is 0 Å². The van der Waals surface area contributed by atoms with Crippen LogP contribution in [-0.2, 0) is 0 Å². The average molecular weight is 253 g/mol. The number of nitriles is 1. The van der Waals surface area contributed by atoms with Gasteiger partial charge in [-0.25, -0.2) is 4.98 Å². The number of aryl methyl sites for hydroxylation is 1. The van der Waals surface area contributed by atoms with Crippen LogP contribution in [0.4, 0.5) is 17.5 Å². The van der Waals surface area contributed by atoms with Crippen molar-refractivity contribution in [1.82, 2.24) is 9.97 Å². The van der Waals surface area contributed by atoms with E-state index in [1.54, 1.807) is 12.1 Å². The summed E-state index contributed by atoms with van der Waals surface area (Å²) in [5, 5.41) is 15.0. The van der Waals surface area contributed by atoms with Gasteiger partial charge in [0.05, 0.1) is 11.6 Å². The van der Waals surface area contributed by atoms with Gasteiger partial charge in [0.1, 0.15) is 5.82 Å². The molecule has 1 aromatic heterocycles. The third kappa shape index (κ3) is 3.42. The first-order valence-corrected chi connectivity index (χ1v) is 6.08. The summed E-state index contributed by atoms with van der Waals surface area (Å²) in [4.78, 5) is 8.65. The van der Waals surface area contributed by atoms with E-state index in [0.29, 0.717) is 11.5 Å². The van der Waals surface area contributed by atoms with Crippen LogP contribution in [0.2, 0.25) is 0 Å². The Morgan fingerprint density at radius 3 is 2.58 bits per heavy atom. The molecule has 0 spiro atoms. The fourth-order valence-corrected chi connectivity index (χ4v) is 1.65. The number of nitrogens with zero attached hydrogens (tertiary/aromatic N) is 3. The topological polar surface area (TPSA) is 73.6 Å². The molecule has 5 nitrogen and oxygen atoms in total. The zero-order valence-corrected chi connectivity index (χ0v) is 10.9. The second-order valence-electron chi connectivity index (χ2n) is 4.06. The second kappa shape index (κ2) is 5.83. The van der Waals surface area contributed by atoms with Gasteiger partial charge in [0, 0.05) is 24.0 Å². The lowest BCUT2D eigenvalue weighted by Crippen LogP contribution is -2.05. The van der Waals surface area contributed by atoms with E-state index in [0.717, 1.165) is 23.7 Å². The molecule has 0 saturated carbocycles. The molecule has 1 aromatic carbocycles. The summed E-state index contributed by atoms with van der Waals surface area (Å²) in [5.41, 5.74) is 2.42. The molecule has 2 aromatic rings. The van der Waals surface area contributed by atoms with Gasteiger partial charge in [-0.15, -0.1) is 0 Å². The van der Waals surface area contributed by atoms with Gasteiger partial charge in [-0.3, -0.25) is 0 Å². The molecular formula is C14H15N5. The highest BCUT2D eigenvalue weighted by atomic mass is 15.1. The van der Waals surface area contributed by atoms with E-state index in [2.05, 4.69) is 26.7 Å². The van der Waals surface area contributed by atoms with Crippen LogP contribution >= 0.6 is 0 Å². The van der Waals surface area contributed by atoms with Crippen LogP contribution in [0.3, 0.4) is 0 Å². The number of benzene rings is 1. The second-order valence-corrected chi connectivity index (χ2v) is 4.06. The van der Waals surface area contributed by atoms with Gasteiger partial charge in [0.2, 0.25) is 5.95 Å². The quantitative estimate of drug-likeness (QED) is 0.876. The molecule has 0 saturated heterocycles. The molecule has 5 heteroatoms. The van der Waals surface area contributed by atoms with Crippen LogP contribution in [-0.4, -0.2) is 16.5 Å². The Kier molecular flexibility index (Phi) is 3.94. The SMILES string of the molecule is CCNc1nc(C)cc(Nc2ccc(C#N)cc2)n1. The van der Waals surface area contributed by atoms with E-state index in [1.807, 2.05) is 32.0 Å². The lowest BCUT2D eigenvalue weighted by molar-refractivity contribution is 1.05. The van der Waals surface area contributed by atoms with Gasteiger partial charge in [0.25, 0.3) is 0 Å². The normalized spacial score (nSPS) is 9.74. The fourth-order valence-electron chi connectivity index (χ4n) is 1.65. The lowest BCUT2D eigenvalue weighted by atomic mass is 10.2. The Labute approximate surface area is 112 Å². The summed E-state index contributed by atoms with van der Waals surface area (Å²) in [6.07, 6.45) is 0. The van der Waals surface area contributed by atoms with Gasteiger partial charge >= 0.3 is 0 Å². The highest BCUT2D eigenvalue weighted by Crippen LogP contribution is 2.17. The first-order valence-electron chi connectivity index (χ1n) is 6.08. The van der Waals surface area contributed by atoms with Crippen molar-refractivity contribution < 1.29 is 0 Å². The van der Waals surface area contributed by atoms with Gasteiger partial charge in [-0.05, 0) is 38.1 Å². The van der Waals surface area contributed by atoms with Gasteiger partial charge in [-0.1, -0.05) is 0 Å². The molecule has 0 radical (unpaired) electrons. The number of hydrogen-bond donors (Lipinski definition) is 2. The van der Waals surface area contributed by atoms with Crippen molar-refractivity contribution in [3.05, 3.63) is 41.6 Å². The molecule has 0 atom stereocenters. The van der Waals surface area contributed by atoms with Crippen molar-refractivity contribution in [3.63, 3.8) is 0 Å². The first kappa shape index (κ1) is 12.8. The smallest absolute Gasteiger partial charge is 0.224 e. The zero-order chi connectivity index (χ0) is 13.7. The standard InChI is InChI=1S/C14H15N5/c1-3-16-14-17-10(2)8-13(19-14)18-12-6-4-11(9-15)5-7-12/h4-8H,3H2,1-2H3,(H2,16,17,18,19). The van der Waals surface area contributed by atoms with Crippen LogP contribution < -0.4 is 10.6 Å². The summed E-state index contributed by atoms with van der Waals surface area (Å²) >= 11 is 0. The molecule has 0 bridgehead atoms. The Morgan fingerprint density at radius 2 is 1.95 bits per heavy atom. The van der Waals surface area contributed by atoms with Crippen molar-refractivity contribution in [2.75, 3.05) is 17.2 Å². The summed E-state index contributed by atoms with van der Waals surface area (Å²) in [7, 11) is 0. The summed E-state index contributed by atoms with van der Waals surface area (Å²) in [6.45, 7) is 4.70. The minimum Gasteiger partial charge on any atom is -0.354 e. The Hall–Kier alpha value is -2.61. The molecule has 0 aliphatic carbocycles. The van der Waals surface area contributed by atoms with Crippen LogP contribution in [0, 0.1) is 18.3 Å². The molecule has 0 aliphatic heterocycles. The largest absolute Gasteiger partial charge is 0.354 e. The lowest BCUT2D eigenvalue weighted by Gasteiger charge is -2.09. The summed E-state index contributed by atoms with van der Waals surface area (Å²) in [6, 6.07) is 11.2. The van der Waals surface area contributed by atoms with E-state index >= 15 is 0 Å². The van der Waals surface area contributed by atoms with Crippen molar-refractivity contribution >= 4 is 17.5 Å². The molecule has 2 N–H and O–H groups in total. The monoisotopic (exact) mass is 253 g/mol. The number of hydrogen-bond acceptors (Lipinski definition) is 5. The molecule has 96 valence electrons. The van der Waals surface area contributed by atoms with Crippen LogP contribution in [0.25, 0.3) is 0 Å². The maximum atomic E-state index is 8.75. The minimum absolute atomic E-state index is 0.610. The molecule has 0 aliphatic rings. The molecular weight excluding hydrogens is 238 g/mol. The molecule has 19 heavy (non-hydrogen) atoms. The first-order chi connectivity index (χ1) is 9.21. The van der Waals surface area contributed by atoms with Crippen LogP contribution in [0.15, 0.2) is 30.3 Å². The predicted molar refractivity (Wildman–Crippen MR) is 75.4 cm³/mol. The molecule has 1 heterocycles. The van der Waals surface area contributed by atoms with E-state index in [4.69, 9.17) is 5.26 Å². The third-order valence-corrected chi connectivity index (χ3v) is 2.48. The van der Waals surface area contributed by atoms with Crippen molar-refractivity contribution in [2.24, 2.45) is 0 Å². The Bertz CT molecular complexity index is 598. The number of aromatic nitrogens is 2. The Balaban J connectivity index is 2.20. The highest BCUT2D eigenvalue weighted by Gasteiger charge is 2.02. The maximum absolute atomic E-state index is 8.75. The number of nitrogens with one attached hydrogen (secondary N) is 2. The zero-order valence-electron chi connectivity index (χ0n) is 10.9. The molecule has 0 unspecified atom stereocenters. The van der Waals surface area contributed by atoms with E-state index in [9.17, 15) is 0 Å². The number of anilines is 3. The molecule has 0 fully saturated rings. The number of rotatable bonds is 4.